The van der Waals surface area contributed by atoms with Crippen molar-refractivity contribution in [3.8, 4) is 0 Å². The minimum absolute atomic E-state index is 0.130. The van der Waals surface area contributed by atoms with E-state index in [1.165, 1.54) is 0 Å². The fourth-order valence-corrected chi connectivity index (χ4v) is 2.96. The lowest BCUT2D eigenvalue weighted by Gasteiger charge is -2.16. The molecule has 3 rings (SSSR count). The van der Waals surface area contributed by atoms with Crippen molar-refractivity contribution in [2.75, 3.05) is 0 Å². The van der Waals surface area contributed by atoms with E-state index in [1.54, 1.807) is 24.3 Å². The number of nitrogens with one attached hydrogen (secondary N) is 1. The first-order valence-electron chi connectivity index (χ1n) is 8.11. The van der Waals surface area contributed by atoms with Crippen LogP contribution in [0, 0.1) is 0 Å². The summed E-state index contributed by atoms with van der Waals surface area (Å²) >= 11 is 5.87. The van der Waals surface area contributed by atoms with Gasteiger partial charge in [-0.05, 0) is 49.7 Å². The van der Waals surface area contributed by atoms with Crippen LogP contribution in [0.25, 0.3) is 11.0 Å². The first-order valence-corrected chi connectivity index (χ1v) is 8.49. The number of carbonyl (C=O) groups is 1. The SMILES string of the molecule is CCCn1c(C(C)NC(=O)c2ccc(Cl)cc2)nc2ccccc21. The molecule has 0 aliphatic carbocycles. The van der Waals surface area contributed by atoms with Crippen molar-refractivity contribution in [2.45, 2.75) is 32.9 Å². The second kappa shape index (κ2) is 7.05. The summed E-state index contributed by atoms with van der Waals surface area (Å²) in [5.74, 6) is 0.745. The fraction of sp³-hybridized carbons (Fsp3) is 0.263. The van der Waals surface area contributed by atoms with Crippen LogP contribution in [0.3, 0.4) is 0 Å². The molecule has 24 heavy (non-hydrogen) atoms. The van der Waals surface area contributed by atoms with Gasteiger partial charge < -0.3 is 9.88 Å². The molecular formula is C19H20ClN3O. The van der Waals surface area contributed by atoms with Crippen molar-refractivity contribution in [3.63, 3.8) is 0 Å². The monoisotopic (exact) mass is 341 g/mol. The first kappa shape index (κ1) is 16.5. The Balaban J connectivity index is 1.87. The largest absolute Gasteiger partial charge is 0.342 e. The van der Waals surface area contributed by atoms with Crippen LogP contribution in [-0.2, 0) is 6.54 Å². The van der Waals surface area contributed by atoms with Crippen LogP contribution in [0.15, 0.2) is 48.5 Å². The van der Waals surface area contributed by atoms with Gasteiger partial charge in [0.25, 0.3) is 5.91 Å². The maximum atomic E-state index is 12.4. The van der Waals surface area contributed by atoms with E-state index in [-0.39, 0.29) is 11.9 Å². The van der Waals surface area contributed by atoms with Crippen molar-refractivity contribution in [3.05, 3.63) is 64.9 Å². The number of hydrogen-bond donors (Lipinski definition) is 1. The van der Waals surface area contributed by atoms with E-state index in [9.17, 15) is 4.79 Å². The van der Waals surface area contributed by atoms with Crippen LogP contribution in [0.2, 0.25) is 5.02 Å². The van der Waals surface area contributed by atoms with Gasteiger partial charge >= 0.3 is 0 Å². The minimum Gasteiger partial charge on any atom is -0.342 e. The lowest BCUT2D eigenvalue weighted by Crippen LogP contribution is -2.28. The van der Waals surface area contributed by atoms with Gasteiger partial charge in [0.05, 0.1) is 17.1 Å². The maximum absolute atomic E-state index is 12.4. The molecule has 2 aromatic carbocycles. The normalized spacial score (nSPS) is 12.3. The van der Waals surface area contributed by atoms with E-state index in [1.807, 2.05) is 25.1 Å². The molecule has 0 bridgehead atoms. The highest BCUT2D eigenvalue weighted by molar-refractivity contribution is 6.30. The number of benzene rings is 2. The fourth-order valence-electron chi connectivity index (χ4n) is 2.83. The second-order valence-electron chi connectivity index (χ2n) is 5.81. The van der Waals surface area contributed by atoms with Gasteiger partial charge in [-0.1, -0.05) is 30.7 Å². The Bertz CT molecular complexity index is 855. The third-order valence-electron chi connectivity index (χ3n) is 3.97. The molecule has 1 aromatic heterocycles. The smallest absolute Gasteiger partial charge is 0.251 e. The average Bonchev–Trinajstić information content (AvgIpc) is 2.95. The minimum atomic E-state index is -0.188. The van der Waals surface area contributed by atoms with E-state index >= 15 is 0 Å². The number of rotatable bonds is 5. The Kier molecular flexibility index (Phi) is 4.86. The summed E-state index contributed by atoms with van der Waals surface area (Å²) in [5, 5.41) is 3.64. The summed E-state index contributed by atoms with van der Waals surface area (Å²) in [5.41, 5.74) is 2.64. The lowest BCUT2D eigenvalue weighted by atomic mass is 10.2. The number of fused-ring (bicyclic) bond motifs is 1. The second-order valence-corrected chi connectivity index (χ2v) is 6.25. The van der Waals surface area contributed by atoms with E-state index in [4.69, 9.17) is 16.6 Å². The zero-order chi connectivity index (χ0) is 17.1. The number of amides is 1. The van der Waals surface area contributed by atoms with Crippen molar-refractivity contribution < 1.29 is 4.79 Å². The molecule has 0 spiro atoms. The molecule has 1 heterocycles. The highest BCUT2D eigenvalue weighted by Crippen LogP contribution is 2.21. The Labute approximate surface area is 146 Å². The van der Waals surface area contributed by atoms with Gasteiger partial charge in [-0.3, -0.25) is 4.79 Å². The summed E-state index contributed by atoms with van der Waals surface area (Å²) in [6.07, 6.45) is 1.01. The van der Waals surface area contributed by atoms with Crippen LogP contribution in [0.1, 0.15) is 42.5 Å². The summed E-state index contributed by atoms with van der Waals surface area (Å²) in [4.78, 5) is 17.2. The molecule has 0 saturated heterocycles. The molecule has 1 unspecified atom stereocenters. The summed E-state index contributed by atoms with van der Waals surface area (Å²) in [7, 11) is 0. The van der Waals surface area contributed by atoms with E-state index in [0.717, 1.165) is 29.8 Å². The summed E-state index contributed by atoms with van der Waals surface area (Å²) in [6.45, 7) is 4.97. The third-order valence-corrected chi connectivity index (χ3v) is 4.22. The van der Waals surface area contributed by atoms with Gasteiger partial charge in [0, 0.05) is 17.1 Å². The Morgan fingerprint density at radius 3 is 2.62 bits per heavy atom. The van der Waals surface area contributed by atoms with Crippen LogP contribution in [-0.4, -0.2) is 15.5 Å². The summed E-state index contributed by atoms with van der Waals surface area (Å²) < 4.78 is 2.18. The van der Waals surface area contributed by atoms with Crippen LogP contribution in [0.5, 0.6) is 0 Å². The number of imidazole rings is 1. The predicted octanol–water partition coefficient (Wildman–Crippen LogP) is 4.59. The number of hydrogen-bond acceptors (Lipinski definition) is 2. The number of aryl methyl sites for hydroxylation is 1. The standard InChI is InChI=1S/C19H20ClN3O/c1-3-12-23-17-7-5-4-6-16(17)22-18(23)13(2)21-19(24)14-8-10-15(20)11-9-14/h4-11,13H,3,12H2,1-2H3,(H,21,24). The van der Waals surface area contributed by atoms with Gasteiger partial charge in [0.2, 0.25) is 0 Å². The molecule has 3 aromatic rings. The molecule has 0 fully saturated rings. The van der Waals surface area contributed by atoms with Crippen molar-refractivity contribution in [2.24, 2.45) is 0 Å². The Hall–Kier alpha value is -2.33. The number of carbonyl (C=O) groups excluding carboxylic acids is 1. The van der Waals surface area contributed by atoms with Gasteiger partial charge in [-0.15, -0.1) is 0 Å². The average molecular weight is 342 g/mol. The molecular weight excluding hydrogens is 322 g/mol. The molecule has 1 N–H and O–H groups in total. The summed E-state index contributed by atoms with van der Waals surface area (Å²) in [6, 6.07) is 14.7. The molecule has 0 saturated carbocycles. The van der Waals surface area contributed by atoms with Crippen molar-refractivity contribution in [1.29, 1.82) is 0 Å². The van der Waals surface area contributed by atoms with Gasteiger partial charge in [0.15, 0.2) is 0 Å². The number of nitrogens with zero attached hydrogens (tertiary/aromatic N) is 2. The zero-order valence-electron chi connectivity index (χ0n) is 13.8. The Morgan fingerprint density at radius 1 is 1.21 bits per heavy atom. The van der Waals surface area contributed by atoms with E-state index in [2.05, 4.69) is 22.9 Å². The molecule has 5 heteroatoms. The number of aromatic nitrogens is 2. The van der Waals surface area contributed by atoms with Crippen LogP contribution in [0.4, 0.5) is 0 Å². The van der Waals surface area contributed by atoms with Crippen LogP contribution >= 0.6 is 11.6 Å². The topological polar surface area (TPSA) is 46.9 Å². The molecule has 1 amide bonds. The number of halogens is 1. The Morgan fingerprint density at radius 2 is 1.92 bits per heavy atom. The quantitative estimate of drug-likeness (QED) is 0.737. The lowest BCUT2D eigenvalue weighted by molar-refractivity contribution is 0.0937. The highest BCUT2D eigenvalue weighted by Gasteiger charge is 2.18. The van der Waals surface area contributed by atoms with Gasteiger partial charge in [-0.25, -0.2) is 4.98 Å². The maximum Gasteiger partial charge on any atom is 0.251 e. The molecule has 0 aliphatic heterocycles. The van der Waals surface area contributed by atoms with E-state index < -0.39 is 0 Å². The molecule has 4 nitrogen and oxygen atoms in total. The first-order chi connectivity index (χ1) is 11.6. The van der Waals surface area contributed by atoms with Crippen molar-refractivity contribution >= 4 is 28.5 Å². The third kappa shape index (κ3) is 3.29. The highest BCUT2D eigenvalue weighted by atomic mass is 35.5. The molecule has 124 valence electrons. The van der Waals surface area contributed by atoms with Gasteiger partial charge in [-0.2, -0.15) is 0 Å². The van der Waals surface area contributed by atoms with E-state index in [0.29, 0.717) is 10.6 Å². The van der Waals surface area contributed by atoms with Gasteiger partial charge in [0.1, 0.15) is 5.82 Å². The molecule has 0 aliphatic rings. The van der Waals surface area contributed by atoms with Crippen molar-refractivity contribution in [1.82, 2.24) is 14.9 Å². The molecule has 1 atom stereocenters. The predicted molar refractivity (Wildman–Crippen MR) is 97.4 cm³/mol. The zero-order valence-corrected chi connectivity index (χ0v) is 14.5. The number of para-hydroxylation sites is 2. The van der Waals surface area contributed by atoms with Crippen LogP contribution < -0.4 is 5.32 Å². The molecule has 0 radical (unpaired) electrons.